The number of nitriles is 1. The highest BCUT2D eigenvalue weighted by Gasteiger charge is 2.37. The third-order valence-electron chi connectivity index (χ3n) is 5.27. The average Bonchev–Trinajstić information content (AvgIpc) is 2.97. The van der Waals surface area contributed by atoms with E-state index < -0.39 is 12.0 Å². The molecule has 1 N–H and O–H groups in total. The number of anilines is 1. The van der Waals surface area contributed by atoms with Crippen LogP contribution in [0.25, 0.3) is 0 Å². The maximum atomic E-state index is 12.9. The summed E-state index contributed by atoms with van der Waals surface area (Å²) in [6.45, 7) is 7.86. The van der Waals surface area contributed by atoms with Crippen molar-refractivity contribution in [1.29, 1.82) is 5.26 Å². The molecule has 0 bridgehead atoms. The lowest BCUT2D eigenvalue weighted by atomic mass is 9.94. The molecule has 0 radical (unpaired) electrons. The number of nitrogens with zero attached hydrogens (tertiary/aromatic N) is 3. The third-order valence-corrected chi connectivity index (χ3v) is 5.57. The number of aromatic nitrogens is 1. The van der Waals surface area contributed by atoms with E-state index in [1.807, 2.05) is 61.6 Å². The molecular formula is C22H24N4O2S. The first-order valence-electron chi connectivity index (χ1n) is 9.41. The number of hydrogen-bond donors (Lipinski definition) is 1. The fraction of sp³-hybridized carbons (Fsp3) is 0.318. The molecule has 150 valence electrons. The SMILES string of the molecule is CCOC(=O)C1=C(C)N(c2ccc(C)cc2)C(=S)N[C@@H]1c1cc(C#N)n(C)c1C. The van der Waals surface area contributed by atoms with Crippen molar-refractivity contribution in [2.45, 2.75) is 33.7 Å². The van der Waals surface area contributed by atoms with Gasteiger partial charge in [-0.2, -0.15) is 5.26 Å². The third kappa shape index (κ3) is 3.64. The van der Waals surface area contributed by atoms with Crippen molar-refractivity contribution >= 4 is 29.0 Å². The molecule has 2 heterocycles. The Bertz CT molecular complexity index is 1040. The van der Waals surface area contributed by atoms with E-state index in [4.69, 9.17) is 17.0 Å². The molecule has 29 heavy (non-hydrogen) atoms. The molecule has 0 saturated carbocycles. The molecule has 1 atom stereocenters. The second kappa shape index (κ2) is 8.10. The highest BCUT2D eigenvalue weighted by Crippen LogP contribution is 2.36. The van der Waals surface area contributed by atoms with Crippen molar-refractivity contribution in [3.63, 3.8) is 0 Å². The zero-order chi connectivity index (χ0) is 21.3. The number of carbonyl (C=O) groups is 1. The predicted molar refractivity (Wildman–Crippen MR) is 116 cm³/mol. The summed E-state index contributed by atoms with van der Waals surface area (Å²) in [7, 11) is 1.83. The summed E-state index contributed by atoms with van der Waals surface area (Å²) in [6, 6.07) is 11.4. The van der Waals surface area contributed by atoms with Gasteiger partial charge in [0.15, 0.2) is 5.11 Å². The first-order valence-corrected chi connectivity index (χ1v) is 9.82. The van der Waals surface area contributed by atoms with Crippen LogP contribution in [-0.4, -0.2) is 22.3 Å². The normalized spacial score (nSPS) is 16.5. The van der Waals surface area contributed by atoms with E-state index in [1.165, 1.54) is 0 Å². The number of aryl methyl sites for hydroxylation is 1. The number of nitrogens with one attached hydrogen (secondary N) is 1. The number of esters is 1. The first-order chi connectivity index (χ1) is 13.8. The van der Waals surface area contributed by atoms with Crippen LogP contribution < -0.4 is 10.2 Å². The van der Waals surface area contributed by atoms with Crippen molar-refractivity contribution in [2.75, 3.05) is 11.5 Å². The molecule has 6 nitrogen and oxygen atoms in total. The molecule has 0 spiro atoms. The highest BCUT2D eigenvalue weighted by molar-refractivity contribution is 7.80. The summed E-state index contributed by atoms with van der Waals surface area (Å²) in [4.78, 5) is 14.8. The lowest BCUT2D eigenvalue weighted by Crippen LogP contribution is -2.48. The van der Waals surface area contributed by atoms with Crippen molar-refractivity contribution < 1.29 is 9.53 Å². The Morgan fingerprint density at radius 1 is 1.28 bits per heavy atom. The molecule has 2 aromatic rings. The number of carbonyl (C=O) groups excluding carboxylic acids is 1. The number of allylic oxidation sites excluding steroid dienone is 1. The minimum Gasteiger partial charge on any atom is -0.463 e. The fourth-order valence-electron chi connectivity index (χ4n) is 3.58. The number of rotatable bonds is 4. The van der Waals surface area contributed by atoms with Crippen LogP contribution in [0.4, 0.5) is 5.69 Å². The molecule has 3 rings (SSSR count). The van der Waals surface area contributed by atoms with Gasteiger partial charge in [-0.05, 0) is 58.1 Å². The van der Waals surface area contributed by atoms with Crippen LogP contribution in [0, 0.1) is 25.2 Å². The quantitative estimate of drug-likeness (QED) is 0.613. The van der Waals surface area contributed by atoms with E-state index in [2.05, 4.69) is 11.4 Å². The van der Waals surface area contributed by atoms with Gasteiger partial charge in [-0.15, -0.1) is 0 Å². The number of thiocarbonyl (C=S) groups is 1. The Kier molecular flexibility index (Phi) is 5.76. The van der Waals surface area contributed by atoms with Crippen molar-refractivity contribution in [3.8, 4) is 6.07 Å². The van der Waals surface area contributed by atoms with Gasteiger partial charge in [0.05, 0.1) is 18.2 Å². The summed E-state index contributed by atoms with van der Waals surface area (Å²) in [5.41, 5.74) is 5.44. The van der Waals surface area contributed by atoms with Gasteiger partial charge in [0.2, 0.25) is 0 Å². The van der Waals surface area contributed by atoms with Crippen LogP contribution in [0.3, 0.4) is 0 Å². The molecule has 0 aliphatic carbocycles. The van der Waals surface area contributed by atoms with Crippen LogP contribution in [0.5, 0.6) is 0 Å². The first kappa shape index (κ1) is 20.6. The molecule has 0 amide bonds. The van der Waals surface area contributed by atoms with E-state index in [-0.39, 0.29) is 6.61 Å². The summed E-state index contributed by atoms with van der Waals surface area (Å²) in [6.07, 6.45) is 0. The van der Waals surface area contributed by atoms with Crippen molar-refractivity contribution in [3.05, 3.63) is 64.1 Å². The summed E-state index contributed by atoms with van der Waals surface area (Å²) in [5.74, 6) is -0.399. The van der Waals surface area contributed by atoms with Crippen LogP contribution in [-0.2, 0) is 16.6 Å². The van der Waals surface area contributed by atoms with E-state index in [0.717, 1.165) is 22.5 Å². The molecule has 0 unspecified atom stereocenters. The van der Waals surface area contributed by atoms with E-state index >= 15 is 0 Å². The number of benzene rings is 1. The predicted octanol–water partition coefficient (Wildman–Crippen LogP) is 3.79. The Morgan fingerprint density at radius 2 is 1.93 bits per heavy atom. The van der Waals surface area contributed by atoms with Gasteiger partial charge in [0, 0.05) is 29.7 Å². The maximum Gasteiger partial charge on any atom is 0.338 e. The summed E-state index contributed by atoms with van der Waals surface area (Å²) < 4.78 is 7.18. The van der Waals surface area contributed by atoms with E-state index in [0.29, 0.717) is 22.1 Å². The molecule has 0 saturated heterocycles. The molecular weight excluding hydrogens is 384 g/mol. The van der Waals surface area contributed by atoms with Gasteiger partial charge < -0.3 is 14.6 Å². The standard InChI is InChI=1S/C22H24N4O2S/c1-6-28-21(27)19-15(4)26(16-9-7-13(2)8-10-16)22(29)24-20(19)18-11-17(12-23)25(5)14(18)3/h7-11,20H,6H2,1-5H3,(H,24,29)/t20-/m1/s1. The Morgan fingerprint density at radius 3 is 2.48 bits per heavy atom. The van der Waals surface area contributed by atoms with Gasteiger partial charge >= 0.3 is 5.97 Å². The Hall–Kier alpha value is -3.11. The molecule has 0 fully saturated rings. The summed E-state index contributed by atoms with van der Waals surface area (Å²) >= 11 is 5.67. The average molecular weight is 409 g/mol. The van der Waals surface area contributed by atoms with Gasteiger partial charge in [-0.3, -0.25) is 4.90 Å². The lowest BCUT2D eigenvalue weighted by Gasteiger charge is -2.37. The van der Waals surface area contributed by atoms with Gasteiger partial charge in [0.1, 0.15) is 11.8 Å². The number of hydrogen-bond acceptors (Lipinski definition) is 4. The molecule has 1 aromatic heterocycles. The van der Waals surface area contributed by atoms with Crippen molar-refractivity contribution in [1.82, 2.24) is 9.88 Å². The molecule has 1 aromatic carbocycles. The van der Waals surface area contributed by atoms with E-state index in [9.17, 15) is 10.1 Å². The minimum absolute atomic E-state index is 0.272. The second-order valence-electron chi connectivity index (χ2n) is 7.01. The lowest BCUT2D eigenvalue weighted by molar-refractivity contribution is -0.139. The topological polar surface area (TPSA) is 70.3 Å². The zero-order valence-corrected chi connectivity index (χ0v) is 18.1. The Labute approximate surface area is 176 Å². The fourth-order valence-corrected chi connectivity index (χ4v) is 3.94. The molecule has 7 heteroatoms. The number of ether oxygens (including phenoxy) is 1. The molecule has 1 aliphatic heterocycles. The summed E-state index contributed by atoms with van der Waals surface area (Å²) in [5, 5.41) is 13.2. The van der Waals surface area contributed by atoms with Gasteiger partial charge in [-0.25, -0.2) is 4.79 Å². The minimum atomic E-state index is -0.489. The largest absolute Gasteiger partial charge is 0.463 e. The maximum absolute atomic E-state index is 12.9. The highest BCUT2D eigenvalue weighted by atomic mass is 32.1. The smallest absolute Gasteiger partial charge is 0.338 e. The van der Waals surface area contributed by atoms with Crippen LogP contribution in [0.15, 0.2) is 41.6 Å². The monoisotopic (exact) mass is 408 g/mol. The van der Waals surface area contributed by atoms with Gasteiger partial charge in [-0.1, -0.05) is 17.7 Å². The second-order valence-corrected chi connectivity index (χ2v) is 7.40. The van der Waals surface area contributed by atoms with Crippen LogP contribution in [0.1, 0.15) is 42.4 Å². The zero-order valence-electron chi connectivity index (χ0n) is 17.2. The van der Waals surface area contributed by atoms with Crippen LogP contribution in [0.2, 0.25) is 0 Å². The van der Waals surface area contributed by atoms with Crippen LogP contribution >= 0.6 is 12.2 Å². The molecule has 1 aliphatic rings. The van der Waals surface area contributed by atoms with Crippen molar-refractivity contribution in [2.24, 2.45) is 7.05 Å². The van der Waals surface area contributed by atoms with Gasteiger partial charge in [0.25, 0.3) is 0 Å². The Balaban J connectivity index is 2.18. The van der Waals surface area contributed by atoms with E-state index in [1.54, 1.807) is 13.0 Å².